The fourth-order valence-electron chi connectivity index (χ4n) is 1.86. The third-order valence-electron chi connectivity index (χ3n) is 2.85. The van der Waals surface area contributed by atoms with Crippen LogP contribution >= 0.6 is 0 Å². The van der Waals surface area contributed by atoms with Gasteiger partial charge in [0.1, 0.15) is 0 Å². The van der Waals surface area contributed by atoms with Crippen molar-refractivity contribution in [3.8, 4) is 0 Å². The molecule has 2 heteroatoms. The van der Waals surface area contributed by atoms with Crippen LogP contribution in [-0.4, -0.2) is 23.9 Å². The Kier molecular flexibility index (Phi) is 4.71. The first kappa shape index (κ1) is 11.3. The number of carbonyl (C=O) groups excluding carboxylic acids is 1. The van der Waals surface area contributed by atoms with E-state index in [0.29, 0.717) is 5.92 Å². The van der Waals surface area contributed by atoms with Crippen molar-refractivity contribution in [3.63, 3.8) is 0 Å². The molecular weight excluding hydrogens is 174 g/mol. The van der Waals surface area contributed by atoms with Gasteiger partial charge in [0.25, 0.3) is 0 Å². The number of piperidine rings is 1. The highest BCUT2D eigenvalue weighted by molar-refractivity contribution is 5.73. The Labute approximate surface area is 87.0 Å². The monoisotopic (exact) mass is 195 g/mol. The van der Waals surface area contributed by atoms with Crippen LogP contribution in [0.5, 0.6) is 0 Å². The molecule has 0 spiro atoms. The third kappa shape index (κ3) is 3.52. The molecule has 1 fully saturated rings. The van der Waals surface area contributed by atoms with Crippen LogP contribution in [0.1, 0.15) is 39.5 Å². The zero-order chi connectivity index (χ0) is 10.4. The predicted molar refractivity (Wildman–Crippen MR) is 59.0 cm³/mol. The van der Waals surface area contributed by atoms with Crippen LogP contribution < -0.4 is 0 Å². The minimum atomic E-state index is 0.223. The standard InChI is InChI=1S/C12H21NO/c1-3-4-5-6-12-7-9-13(10-8-12)11(2)14/h5-6,12H,3-4,7-10H2,1-2H3/b6-5+. The summed E-state index contributed by atoms with van der Waals surface area (Å²) in [5, 5.41) is 0. The lowest BCUT2D eigenvalue weighted by Gasteiger charge is -2.29. The molecule has 0 radical (unpaired) electrons. The van der Waals surface area contributed by atoms with E-state index in [4.69, 9.17) is 0 Å². The Hall–Kier alpha value is -0.790. The Morgan fingerprint density at radius 1 is 1.43 bits per heavy atom. The molecule has 0 aliphatic carbocycles. The number of likely N-dealkylation sites (tertiary alicyclic amines) is 1. The molecule has 1 saturated heterocycles. The van der Waals surface area contributed by atoms with E-state index in [2.05, 4.69) is 19.1 Å². The van der Waals surface area contributed by atoms with E-state index in [1.165, 1.54) is 12.8 Å². The van der Waals surface area contributed by atoms with Gasteiger partial charge in [0, 0.05) is 20.0 Å². The van der Waals surface area contributed by atoms with Crippen LogP contribution in [0.25, 0.3) is 0 Å². The molecule has 0 aromatic rings. The van der Waals surface area contributed by atoms with Crippen molar-refractivity contribution >= 4 is 5.91 Å². The van der Waals surface area contributed by atoms with Crippen molar-refractivity contribution in [1.82, 2.24) is 4.90 Å². The van der Waals surface area contributed by atoms with Crippen LogP contribution in [0.2, 0.25) is 0 Å². The average Bonchev–Trinajstić information content (AvgIpc) is 2.19. The number of hydrogen-bond donors (Lipinski definition) is 0. The highest BCUT2D eigenvalue weighted by atomic mass is 16.2. The van der Waals surface area contributed by atoms with Crippen molar-refractivity contribution < 1.29 is 4.79 Å². The van der Waals surface area contributed by atoms with Gasteiger partial charge < -0.3 is 4.90 Å². The van der Waals surface area contributed by atoms with Crippen molar-refractivity contribution in [2.24, 2.45) is 5.92 Å². The number of carbonyl (C=O) groups is 1. The topological polar surface area (TPSA) is 20.3 Å². The molecular formula is C12H21NO. The summed E-state index contributed by atoms with van der Waals surface area (Å²) < 4.78 is 0. The molecule has 2 nitrogen and oxygen atoms in total. The van der Waals surface area contributed by atoms with E-state index < -0.39 is 0 Å². The van der Waals surface area contributed by atoms with Gasteiger partial charge in [-0.05, 0) is 25.2 Å². The molecule has 1 heterocycles. The molecule has 1 amide bonds. The Morgan fingerprint density at radius 2 is 2.07 bits per heavy atom. The highest BCUT2D eigenvalue weighted by Crippen LogP contribution is 2.18. The molecule has 14 heavy (non-hydrogen) atoms. The Balaban J connectivity index is 2.25. The van der Waals surface area contributed by atoms with E-state index in [-0.39, 0.29) is 5.91 Å². The molecule has 1 rings (SSSR count). The van der Waals surface area contributed by atoms with Gasteiger partial charge in [-0.2, -0.15) is 0 Å². The summed E-state index contributed by atoms with van der Waals surface area (Å²) in [7, 11) is 0. The summed E-state index contributed by atoms with van der Waals surface area (Å²) >= 11 is 0. The molecule has 0 unspecified atom stereocenters. The second-order valence-corrected chi connectivity index (χ2v) is 4.06. The average molecular weight is 195 g/mol. The Morgan fingerprint density at radius 3 is 2.57 bits per heavy atom. The maximum Gasteiger partial charge on any atom is 0.219 e. The van der Waals surface area contributed by atoms with Crippen LogP contribution in [0.3, 0.4) is 0 Å². The second kappa shape index (κ2) is 5.84. The molecule has 0 N–H and O–H groups in total. The van der Waals surface area contributed by atoms with Crippen LogP contribution in [-0.2, 0) is 4.79 Å². The fraction of sp³-hybridized carbons (Fsp3) is 0.750. The van der Waals surface area contributed by atoms with Gasteiger partial charge in [0.05, 0.1) is 0 Å². The minimum Gasteiger partial charge on any atom is -0.343 e. The molecule has 0 aromatic heterocycles. The molecule has 80 valence electrons. The van der Waals surface area contributed by atoms with Crippen molar-refractivity contribution in [2.75, 3.05) is 13.1 Å². The third-order valence-corrected chi connectivity index (χ3v) is 2.85. The summed E-state index contributed by atoms with van der Waals surface area (Å²) in [6.45, 7) is 5.74. The van der Waals surface area contributed by atoms with E-state index in [1.54, 1.807) is 6.92 Å². The van der Waals surface area contributed by atoms with Gasteiger partial charge >= 0.3 is 0 Å². The maximum absolute atomic E-state index is 11.1. The first-order valence-electron chi connectivity index (χ1n) is 5.66. The predicted octanol–water partition coefficient (Wildman–Crippen LogP) is 2.60. The van der Waals surface area contributed by atoms with Gasteiger partial charge in [-0.15, -0.1) is 0 Å². The molecule has 1 aliphatic rings. The number of amides is 1. The van der Waals surface area contributed by atoms with E-state index >= 15 is 0 Å². The maximum atomic E-state index is 11.1. The lowest BCUT2D eigenvalue weighted by molar-refractivity contribution is -0.129. The van der Waals surface area contributed by atoms with E-state index in [0.717, 1.165) is 25.9 Å². The number of rotatable bonds is 3. The lowest BCUT2D eigenvalue weighted by atomic mass is 9.96. The van der Waals surface area contributed by atoms with Crippen LogP contribution in [0.15, 0.2) is 12.2 Å². The largest absolute Gasteiger partial charge is 0.343 e. The van der Waals surface area contributed by atoms with E-state index in [1.807, 2.05) is 4.90 Å². The molecule has 0 bridgehead atoms. The lowest BCUT2D eigenvalue weighted by Crippen LogP contribution is -2.36. The smallest absolute Gasteiger partial charge is 0.219 e. The summed E-state index contributed by atoms with van der Waals surface area (Å²) in [6.07, 6.45) is 9.31. The van der Waals surface area contributed by atoms with Gasteiger partial charge in [-0.3, -0.25) is 4.79 Å². The van der Waals surface area contributed by atoms with Gasteiger partial charge in [-0.1, -0.05) is 25.5 Å². The molecule has 0 atom stereocenters. The SMILES string of the molecule is CCC/C=C/C1CCN(C(C)=O)CC1. The molecule has 0 aromatic carbocycles. The normalized spacial score (nSPS) is 19.1. The number of unbranched alkanes of at least 4 members (excludes halogenated alkanes) is 1. The Bertz CT molecular complexity index is 202. The summed E-state index contributed by atoms with van der Waals surface area (Å²) in [5.41, 5.74) is 0. The second-order valence-electron chi connectivity index (χ2n) is 4.06. The van der Waals surface area contributed by atoms with Crippen molar-refractivity contribution in [3.05, 3.63) is 12.2 Å². The van der Waals surface area contributed by atoms with Crippen LogP contribution in [0, 0.1) is 5.92 Å². The first-order chi connectivity index (χ1) is 6.74. The fourth-order valence-corrected chi connectivity index (χ4v) is 1.86. The zero-order valence-corrected chi connectivity index (χ0v) is 9.33. The van der Waals surface area contributed by atoms with E-state index in [9.17, 15) is 4.79 Å². The number of nitrogens with zero attached hydrogens (tertiary/aromatic N) is 1. The van der Waals surface area contributed by atoms with Crippen molar-refractivity contribution in [1.29, 1.82) is 0 Å². The van der Waals surface area contributed by atoms with Gasteiger partial charge in [-0.25, -0.2) is 0 Å². The van der Waals surface area contributed by atoms with Crippen LogP contribution in [0.4, 0.5) is 0 Å². The van der Waals surface area contributed by atoms with Crippen molar-refractivity contribution in [2.45, 2.75) is 39.5 Å². The number of allylic oxidation sites excluding steroid dienone is 2. The summed E-state index contributed by atoms with van der Waals surface area (Å²) in [5.74, 6) is 0.929. The summed E-state index contributed by atoms with van der Waals surface area (Å²) in [6, 6.07) is 0. The minimum absolute atomic E-state index is 0.223. The number of hydrogen-bond acceptors (Lipinski definition) is 1. The zero-order valence-electron chi connectivity index (χ0n) is 9.33. The van der Waals surface area contributed by atoms with Gasteiger partial charge in [0.15, 0.2) is 0 Å². The first-order valence-corrected chi connectivity index (χ1v) is 5.66. The molecule has 1 aliphatic heterocycles. The quantitative estimate of drug-likeness (QED) is 0.634. The van der Waals surface area contributed by atoms with Gasteiger partial charge in [0.2, 0.25) is 5.91 Å². The summed E-state index contributed by atoms with van der Waals surface area (Å²) in [4.78, 5) is 13.0. The molecule has 0 saturated carbocycles. The highest BCUT2D eigenvalue weighted by Gasteiger charge is 2.18.